The van der Waals surface area contributed by atoms with Gasteiger partial charge in [-0.1, -0.05) is 284 Å². The molecular weight excluding hydrogens is 869 g/mol. The molecule has 0 atom stereocenters. The van der Waals surface area contributed by atoms with Crippen LogP contribution in [0.3, 0.4) is 0 Å². The average molecular weight is 986 g/mol. The Morgan fingerprint density at radius 1 is 0.300 bits per heavy atom. The van der Waals surface area contributed by atoms with Crippen LogP contribution < -0.4 is 14.2 Å². The molecule has 0 heterocycles. The van der Waals surface area contributed by atoms with Crippen molar-refractivity contribution in [2.45, 2.75) is 323 Å². The number of benzene rings is 1. The Bertz CT molecular complexity index is 1210. The Morgan fingerprint density at radius 3 is 0.800 bits per heavy atom. The van der Waals surface area contributed by atoms with Crippen LogP contribution in [0.2, 0.25) is 0 Å². The summed E-state index contributed by atoms with van der Waals surface area (Å²) in [6.45, 7) is 11.1. The van der Waals surface area contributed by atoms with Crippen molar-refractivity contribution in [3.63, 3.8) is 0 Å². The number of ether oxygens (including phenoxy) is 5. The van der Waals surface area contributed by atoms with Gasteiger partial charge in [0.15, 0.2) is 11.5 Å². The second kappa shape index (κ2) is 52.9. The summed E-state index contributed by atoms with van der Waals surface area (Å²) in [5.74, 6) is 1.38. The molecule has 1 rings (SSSR count). The van der Waals surface area contributed by atoms with Gasteiger partial charge < -0.3 is 23.7 Å². The summed E-state index contributed by atoms with van der Waals surface area (Å²) in [6.07, 6.45) is 58.1. The van der Waals surface area contributed by atoms with Crippen molar-refractivity contribution in [2.75, 3.05) is 33.0 Å². The van der Waals surface area contributed by atoms with Gasteiger partial charge >= 0.3 is 11.9 Å². The van der Waals surface area contributed by atoms with Crippen molar-refractivity contribution < 1.29 is 33.3 Å². The number of carbonyl (C=O) groups excluding carboxylic acids is 2. The molecule has 0 radical (unpaired) electrons. The molecule has 70 heavy (non-hydrogen) atoms. The van der Waals surface area contributed by atoms with E-state index in [0.29, 0.717) is 55.8 Å². The number of unbranched alkanes of at least 4 members (excludes halogenated alkanes) is 42. The highest BCUT2D eigenvalue weighted by Crippen LogP contribution is 2.40. The predicted octanol–water partition coefficient (Wildman–Crippen LogP) is 20.5. The molecule has 7 nitrogen and oxygen atoms in total. The molecule has 0 spiro atoms. The summed E-state index contributed by atoms with van der Waals surface area (Å²) < 4.78 is 30.6. The first-order valence-electron chi connectivity index (χ1n) is 30.9. The van der Waals surface area contributed by atoms with Crippen molar-refractivity contribution >= 4 is 11.9 Å². The van der Waals surface area contributed by atoms with E-state index in [0.717, 1.165) is 70.6 Å². The van der Waals surface area contributed by atoms with E-state index in [4.69, 9.17) is 23.7 Å². The van der Waals surface area contributed by atoms with Gasteiger partial charge in [-0.25, -0.2) is 4.79 Å². The fourth-order valence-electron chi connectivity index (χ4n) is 9.50. The van der Waals surface area contributed by atoms with Gasteiger partial charge in [-0.3, -0.25) is 4.79 Å². The number of hydrogen-bond acceptors (Lipinski definition) is 7. The molecule has 0 aliphatic rings. The topological polar surface area (TPSA) is 80.3 Å². The number of hydrogen-bond donors (Lipinski definition) is 0. The highest BCUT2D eigenvalue weighted by Gasteiger charge is 2.20. The largest absolute Gasteiger partial charge is 0.490 e. The summed E-state index contributed by atoms with van der Waals surface area (Å²) in [7, 11) is 0. The molecule has 0 N–H and O–H groups in total. The first kappa shape index (κ1) is 65.6. The molecule has 0 aliphatic carbocycles. The molecule has 0 bridgehead atoms. The fourth-order valence-corrected chi connectivity index (χ4v) is 9.50. The second-order valence-corrected chi connectivity index (χ2v) is 21.0. The Hall–Kier alpha value is -2.44. The maximum atomic E-state index is 13.7. The van der Waals surface area contributed by atoms with Crippen molar-refractivity contribution in [3.8, 4) is 17.2 Å². The summed E-state index contributed by atoms with van der Waals surface area (Å²) in [5, 5.41) is 0. The molecule has 0 amide bonds. The van der Waals surface area contributed by atoms with E-state index < -0.39 is 0 Å². The normalized spacial score (nSPS) is 11.3. The van der Waals surface area contributed by atoms with E-state index in [1.54, 1.807) is 0 Å². The zero-order valence-electron chi connectivity index (χ0n) is 47.1. The number of rotatable bonds is 56. The van der Waals surface area contributed by atoms with E-state index in [-0.39, 0.29) is 11.9 Å². The van der Waals surface area contributed by atoms with Gasteiger partial charge in [0, 0.05) is 6.92 Å². The molecule has 0 unspecified atom stereocenters. The lowest BCUT2D eigenvalue weighted by Gasteiger charge is -2.19. The third kappa shape index (κ3) is 43.2. The first-order chi connectivity index (χ1) is 34.5. The quantitative estimate of drug-likeness (QED) is 0.0475. The van der Waals surface area contributed by atoms with Crippen molar-refractivity contribution in [1.82, 2.24) is 0 Å². The van der Waals surface area contributed by atoms with Gasteiger partial charge in [-0.2, -0.15) is 0 Å². The molecule has 410 valence electrons. The maximum absolute atomic E-state index is 13.7. The molecule has 0 aromatic heterocycles. The van der Waals surface area contributed by atoms with Gasteiger partial charge in [-0.15, -0.1) is 0 Å². The van der Waals surface area contributed by atoms with Crippen LogP contribution in [0, 0.1) is 0 Å². The lowest BCUT2D eigenvalue weighted by atomic mass is 10.1. The first-order valence-corrected chi connectivity index (χ1v) is 30.9. The van der Waals surface area contributed by atoms with Crippen molar-refractivity contribution in [3.05, 3.63) is 17.7 Å². The third-order valence-corrected chi connectivity index (χ3v) is 14.1. The van der Waals surface area contributed by atoms with Gasteiger partial charge in [0.2, 0.25) is 5.75 Å². The van der Waals surface area contributed by atoms with Crippen LogP contribution in [0.1, 0.15) is 333 Å². The molecular formula is C63H116O7. The fraction of sp³-hybridized carbons (Fsp3) is 0.873. The zero-order valence-corrected chi connectivity index (χ0v) is 47.1. The summed E-state index contributed by atoms with van der Waals surface area (Å²) >= 11 is 0. The van der Waals surface area contributed by atoms with Gasteiger partial charge in [0.1, 0.15) is 0 Å². The minimum absolute atomic E-state index is 0.188. The Morgan fingerprint density at radius 2 is 0.529 bits per heavy atom. The average Bonchev–Trinajstić information content (AvgIpc) is 3.36. The number of esters is 2. The molecule has 0 saturated heterocycles. The lowest BCUT2D eigenvalue weighted by Crippen LogP contribution is -2.11. The SMILES string of the molecule is CCCCCCCCCCCCCCOc1cc(C(=O)OCCCCCCCCCCCCOC(C)=O)cc(OCCCCCCCCCCCCCC)c1OCCCCCCCCCCCCCC. The Labute approximate surface area is 434 Å². The van der Waals surface area contributed by atoms with E-state index >= 15 is 0 Å². The summed E-state index contributed by atoms with van der Waals surface area (Å²) in [4.78, 5) is 24.6. The van der Waals surface area contributed by atoms with E-state index in [2.05, 4.69) is 20.8 Å². The van der Waals surface area contributed by atoms with E-state index in [1.165, 1.54) is 232 Å². The second-order valence-electron chi connectivity index (χ2n) is 21.0. The van der Waals surface area contributed by atoms with E-state index in [1.807, 2.05) is 12.1 Å². The summed E-state index contributed by atoms with van der Waals surface area (Å²) in [6, 6.07) is 3.71. The van der Waals surface area contributed by atoms with E-state index in [9.17, 15) is 9.59 Å². The monoisotopic (exact) mass is 985 g/mol. The summed E-state index contributed by atoms with van der Waals surface area (Å²) in [5.41, 5.74) is 0.486. The van der Waals surface area contributed by atoms with Crippen molar-refractivity contribution in [1.29, 1.82) is 0 Å². The molecule has 0 fully saturated rings. The van der Waals surface area contributed by atoms with Gasteiger partial charge in [0.25, 0.3) is 0 Å². The lowest BCUT2D eigenvalue weighted by molar-refractivity contribution is -0.141. The Kier molecular flexibility index (Phi) is 49.5. The molecule has 1 aromatic carbocycles. The minimum atomic E-state index is -0.313. The van der Waals surface area contributed by atoms with Crippen LogP contribution in [0.15, 0.2) is 12.1 Å². The van der Waals surface area contributed by atoms with Crippen LogP contribution in [0.25, 0.3) is 0 Å². The van der Waals surface area contributed by atoms with Crippen LogP contribution in [0.5, 0.6) is 17.2 Å². The standard InChI is InChI=1S/C63H116O7/c1-5-8-11-14-17-20-23-26-32-37-42-47-52-67-60-56-59(63(65)70-55-50-45-40-35-30-29-31-36-41-46-51-66-58(4)64)57-61(68-53-48-43-38-33-27-24-21-18-15-12-9-6-2)62(60)69-54-49-44-39-34-28-25-22-19-16-13-10-7-3/h56-57H,5-55H2,1-4H3. The highest BCUT2D eigenvalue weighted by molar-refractivity contribution is 5.91. The molecule has 0 aliphatic heterocycles. The van der Waals surface area contributed by atoms with Gasteiger partial charge in [-0.05, 0) is 44.2 Å². The van der Waals surface area contributed by atoms with Crippen LogP contribution in [0.4, 0.5) is 0 Å². The third-order valence-electron chi connectivity index (χ3n) is 14.1. The maximum Gasteiger partial charge on any atom is 0.338 e. The van der Waals surface area contributed by atoms with Crippen molar-refractivity contribution in [2.24, 2.45) is 0 Å². The molecule has 1 aromatic rings. The van der Waals surface area contributed by atoms with Crippen LogP contribution in [-0.4, -0.2) is 45.0 Å². The zero-order chi connectivity index (χ0) is 50.5. The molecule has 7 heteroatoms. The predicted molar refractivity (Wildman–Crippen MR) is 299 cm³/mol. The molecule has 0 saturated carbocycles. The smallest absolute Gasteiger partial charge is 0.338 e. The number of carbonyl (C=O) groups is 2. The minimum Gasteiger partial charge on any atom is -0.490 e. The van der Waals surface area contributed by atoms with Crippen LogP contribution in [-0.2, 0) is 14.3 Å². The highest BCUT2D eigenvalue weighted by atomic mass is 16.5. The van der Waals surface area contributed by atoms with Gasteiger partial charge in [0.05, 0.1) is 38.6 Å². The van der Waals surface area contributed by atoms with Crippen LogP contribution >= 0.6 is 0 Å². The Balaban J connectivity index is 2.82.